The number of anilines is 1. The number of nitrogens with zero attached hydrogens (tertiary/aromatic N) is 1. The Labute approximate surface area is 164 Å². The van der Waals surface area contributed by atoms with Crippen LogP contribution in [0.5, 0.6) is 5.75 Å². The van der Waals surface area contributed by atoms with E-state index in [0.29, 0.717) is 11.3 Å². The molecule has 0 radical (unpaired) electrons. The molecule has 146 valence electrons. The molecule has 28 heavy (non-hydrogen) atoms. The average molecular weight is 406 g/mol. The number of hydrogen-bond donors (Lipinski definition) is 3. The first-order chi connectivity index (χ1) is 13.3. The monoisotopic (exact) mass is 406 g/mol. The highest BCUT2D eigenvalue weighted by molar-refractivity contribution is 7.80. The zero-order valence-corrected chi connectivity index (χ0v) is 15.4. The van der Waals surface area contributed by atoms with Gasteiger partial charge in [0.05, 0.1) is 0 Å². The number of alkyl halides is 2. The number of benzene rings is 2. The lowest BCUT2D eigenvalue weighted by molar-refractivity contribution is -0.132. The zero-order chi connectivity index (χ0) is 20.3. The van der Waals surface area contributed by atoms with Gasteiger partial charge in [-0.3, -0.25) is 10.2 Å². The van der Waals surface area contributed by atoms with E-state index in [1.165, 1.54) is 24.3 Å². The summed E-state index contributed by atoms with van der Waals surface area (Å²) in [6.07, 6.45) is 0. The van der Waals surface area contributed by atoms with Gasteiger partial charge in [0.15, 0.2) is 5.11 Å². The molecule has 7 nitrogen and oxygen atoms in total. The third-order valence-electron chi connectivity index (χ3n) is 4.09. The fourth-order valence-electron chi connectivity index (χ4n) is 2.69. The van der Waals surface area contributed by atoms with E-state index >= 15 is 0 Å². The van der Waals surface area contributed by atoms with Crippen molar-refractivity contribution in [1.82, 2.24) is 15.8 Å². The van der Waals surface area contributed by atoms with E-state index in [1.807, 2.05) is 0 Å². The van der Waals surface area contributed by atoms with E-state index < -0.39 is 24.1 Å². The van der Waals surface area contributed by atoms with Crippen LogP contribution in [0.25, 0.3) is 0 Å². The van der Waals surface area contributed by atoms with Crippen LogP contribution in [-0.4, -0.2) is 28.7 Å². The molecule has 1 aliphatic rings. The van der Waals surface area contributed by atoms with Gasteiger partial charge in [-0.25, -0.2) is 4.79 Å². The maximum absolute atomic E-state index is 12.8. The Morgan fingerprint density at radius 3 is 2.39 bits per heavy atom. The van der Waals surface area contributed by atoms with E-state index in [4.69, 9.17) is 12.2 Å². The smallest absolute Gasteiger partial charge is 0.387 e. The number of hydrogen-bond acceptors (Lipinski definition) is 4. The predicted octanol–water partition coefficient (Wildman–Crippen LogP) is 2.96. The minimum absolute atomic E-state index is 0.00727. The standard InChI is InChI=1S/C18H16F2N4O3S/c1-18(11-5-3-2-4-6-11)14(25)24(17(26)22-18)23-16(28)21-12-7-9-13(10-8-12)27-15(19)20/h2-10,15H,1H3,(H,22,26)(H2,21,23,28)/t18-/m0/s1. The number of amides is 3. The highest BCUT2D eigenvalue weighted by Crippen LogP contribution is 2.27. The molecule has 0 bridgehead atoms. The molecule has 0 spiro atoms. The number of imide groups is 1. The van der Waals surface area contributed by atoms with Crippen molar-refractivity contribution in [2.24, 2.45) is 0 Å². The van der Waals surface area contributed by atoms with E-state index in [9.17, 15) is 18.4 Å². The first-order valence-electron chi connectivity index (χ1n) is 8.14. The molecule has 0 unspecified atom stereocenters. The molecule has 0 saturated carbocycles. The minimum Gasteiger partial charge on any atom is -0.435 e. The van der Waals surface area contributed by atoms with Crippen molar-refractivity contribution in [1.29, 1.82) is 0 Å². The van der Waals surface area contributed by atoms with Crippen molar-refractivity contribution < 1.29 is 23.1 Å². The summed E-state index contributed by atoms with van der Waals surface area (Å²) in [6, 6.07) is 13.8. The van der Waals surface area contributed by atoms with E-state index in [-0.39, 0.29) is 10.9 Å². The third-order valence-corrected chi connectivity index (χ3v) is 4.29. The molecule has 2 aromatic rings. The minimum atomic E-state index is -2.92. The topological polar surface area (TPSA) is 82.7 Å². The van der Waals surface area contributed by atoms with E-state index in [2.05, 4.69) is 20.8 Å². The highest BCUT2D eigenvalue weighted by Gasteiger charge is 2.49. The third kappa shape index (κ3) is 4.01. The highest BCUT2D eigenvalue weighted by atomic mass is 32.1. The molecule has 0 aliphatic carbocycles. The zero-order valence-electron chi connectivity index (χ0n) is 14.6. The number of carbonyl (C=O) groups is 2. The van der Waals surface area contributed by atoms with Crippen molar-refractivity contribution in [2.45, 2.75) is 19.1 Å². The summed E-state index contributed by atoms with van der Waals surface area (Å²) in [5, 5.41) is 6.17. The molecule has 10 heteroatoms. The van der Waals surface area contributed by atoms with Crippen LogP contribution in [-0.2, 0) is 10.3 Å². The van der Waals surface area contributed by atoms with Crippen molar-refractivity contribution in [2.75, 3.05) is 5.32 Å². The van der Waals surface area contributed by atoms with E-state index in [1.54, 1.807) is 37.3 Å². The quantitative estimate of drug-likeness (QED) is 0.523. The molecule has 3 rings (SSSR count). The Morgan fingerprint density at radius 2 is 1.79 bits per heavy atom. The second kappa shape index (κ2) is 7.77. The summed E-state index contributed by atoms with van der Waals surface area (Å²) in [6.45, 7) is -1.32. The second-order valence-corrected chi connectivity index (χ2v) is 6.44. The maximum Gasteiger partial charge on any atom is 0.387 e. The molecule has 1 aliphatic heterocycles. The number of urea groups is 1. The van der Waals surface area contributed by atoms with Crippen LogP contribution in [0.2, 0.25) is 0 Å². The van der Waals surface area contributed by atoms with Crippen LogP contribution in [0, 0.1) is 0 Å². The van der Waals surface area contributed by atoms with Crippen molar-refractivity contribution in [3.05, 3.63) is 60.2 Å². The van der Waals surface area contributed by atoms with Crippen molar-refractivity contribution in [3.63, 3.8) is 0 Å². The van der Waals surface area contributed by atoms with Crippen molar-refractivity contribution >= 4 is 35.0 Å². The van der Waals surface area contributed by atoms with Gasteiger partial charge in [0, 0.05) is 5.69 Å². The maximum atomic E-state index is 12.8. The van der Waals surface area contributed by atoms with Crippen LogP contribution >= 0.6 is 12.2 Å². The Bertz CT molecular complexity index is 895. The number of hydrazine groups is 1. The summed E-state index contributed by atoms with van der Waals surface area (Å²) in [5.41, 5.74) is 2.40. The van der Waals surface area contributed by atoms with E-state index in [0.717, 1.165) is 5.01 Å². The molecule has 3 amide bonds. The van der Waals surface area contributed by atoms with Gasteiger partial charge in [-0.15, -0.1) is 0 Å². The first-order valence-corrected chi connectivity index (χ1v) is 8.55. The van der Waals surface area contributed by atoms with Gasteiger partial charge in [-0.2, -0.15) is 13.8 Å². The fraction of sp³-hybridized carbons (Fsp3) is 0.167. The Morgan fingerprint density at radius 1 is 1.14 bits per heavy atom. The Hall–Kier alpha value is -3.27. The lowest BCUT2D eigenvalue weighted by atomic mass is 9.92. The van der Waals surface area contributed by atoms with Crippen LogP contribution in [0.15, 0.2) is 54.6 Å². The Balaban J connectivity index is 1.65. The predicted molar refractivity (Wildman–Crippen MR) is 102 cm³/mol. The molecule has 1 atom stereocenters. The van der Waals surface area contributed by atoms with Gasteiger partial charge in [-0.05, 0) is 49.0 Å². The largest absolute Gasteiger partial charge is 0.435 e. The lowest BCUT2D eigenvalue weighted by Gasteiger charge is -2.22. The van der Waals surface area contributed by atoms with Gasteiger partial charge < -0.3 is 15.4 Å². The summed E-state index contributed by atoms with van der Waals surface area (Å²) < 4.78 is 28.6. The molecule has 1 heterocycles. The molecule has 3 N–H and O–H groups in total. The fourth-order valence-corrected chi connectivity index (χ4v) is 2.90. The Kier molecular flexibility index (Phi) is 5.41. The molecule has 1 saturated heterocycles. The van der Waals surface area contributed by atoms with Crippen LogP contribution in [0.1, 0.15) is 12.5 Å². The SMILES string of the molecule is C[C@@]1(c2ccccc2)NC(=O)N(NC(=S)Nc2ccc(OC(F)F)cc2)C1=O. The van der Waals surface area contributed by atoms with Gasteiger partial charge in [0.1, 0.15) is 11.3 Å². The van der Waals surface area contributed by atoms with Crippen LogP contribution in [0.4, 0.5) is 19.3 Å². The first kappa shape index (κ1) is 19.5. The van der Waals surface area contributed by atoms with Gasteiger partial charge in [0.2, 0.25) is 0 Å². The van der Waals surface area contributed by atoms with Crippen molar-refractivity contribution in [3.8, 4) is 5.75 Å². The molecular weight excluding hydrogens is 390 g/mol. The molecular formula is C18H16F2N4O3S. The summed E-state index contributed by atoms with van der Waals surface area (Å²) in [4.78, 5) is 25.0. The second-order valence-electron chi connectivity index (χ2n) is 6.03. The van der Waals surface area contributed by atoms with Crippen LogP contribution < -0.4 is 20.8 Å². The summed E-state index contributed by atoms with van der Waals surface area (Å²) in [5.74, 6) is -0.527. The van der Waals surface area contributed by atoms with Gasteiger partial charge in [-0.1, -0.05) is 30.3 Å². The van der Waals surface area contributed by atoms with Crippen LogP contribution in [0.3, 0.4) is 0 Å². The molecule has 2 aromatic carbocycles. The summed E-state index contributed by atoms with van der Waals surface area (Å²) in [7, 11) is 0. The number of ether oxygens (including phenoxy) is 1. The number of nitrogens with one attached hydrogen (secondary N) is 3. The van der Waals surface area contributed by atoms with Gasteiger partial charge >= 0.3 is 12.6 Å². The number of thiocarbonyl (C=S) groups is 1. The summed E-state index contributed by atoms with van der Waals surface area (Å²) >= 11 is 5.13. The average Bonchev–Trinajstić information content (AvgIpc) is 2.88. The molecule has 0 aromatic heterocycles. The normalized spacial score (nSPS) is 18.8. The molecule has 1 fully saturated rings. The van der Waals surface area contributed by atoms with Gasteiger partial charge in [0.25, 0.3) is 5.91 Å². The number of halogens is 2. The number of rotatable bonds is 5. The number of carbonyl (C=O) groups excluding carboxylic acids is 2. The lowest BCUT2D eigenvalue weighted by Crippen LogP contribution is -2.49.